The SMILES string of the molecule is COc1ccc(OC2=CC(=NCCC(F)(F)F)C3=CC(C)C=C(C4=CC=C(C(=O)NC5CC5)C(C)(C)C4)N3N2)c(F)c1F. The fraction of sp³-hybridized carbons (Fsp3) is 0.419. The van der Waals surface area contributed by atoms with Gasteiger partial charge in [0.1, 0.15) is 0 Å². The molecule has 0 spiro atoms. The van der Waals surface area contributed by atoms with Crippen LogP contribution in [0.1, 0.15) is 46.5 Å². The Balaban J connectivity index is 1.49. The Morgan fingerprint density at radius 3 is 2.44 bits per heavy atom. The monoisotopic (exact) mass is 604 g/mol. The number of rotatable bonds is 8. The van der Waals surface area contributed by atoms with E-state index in [0.717, 1.165) is 18.4 Å². The Hall–Kier alpha value is -4.09. The normalized spacial score (nSPS) is 22.3. The average Bonchev–Trinajstić information content (AvgIpc) is 3.74. The van der Waals surface area contributed by atoms with Crippen LogP contribution in [0.4, 0.5) is 22.0 Å². The van der Waals surface area contributed by atoms with E-state index in [-0.39, 0.29) is 35.2 Å². The van der Waals surface area contributed by atoms with Gasteiger partial charge in [0.25, 0.3) is 0 Å². The van der Waals surface area contributed by atoms with Gasteiger partial charge >= 0.3 is 6.18 Å². The molecule has 0 saturated heterocycles. The van der Waals surface area contributed by atoms with Gasteiger partial charge in [-0.25, -0.2) is 0 Å². The van der Waals surface area contributed by atoms with Crippen molar-refractivity contribution in [3.8, 4) is 11.5 Å². The van der Waals surface area contributed by atoms with Crippen molar-refractivity contribution < 1.29 is 36.2 Å². The molecule has 230 valence electrons. The number of allylic oxidation sites excluding steroid dienone is 6. The van der Waals surface area contributed by atoms with Crippen LogP contribution >= 0.6 is 0 Å². The lowest BCUT2D eigenvalue weighted by molar-refractivity contribution is -0.132. The number of carbonyl (C=O) groups is 1. The lowest BCUT2D eigenvalue weighted by Gasteiger charge is -2.41. The van der Waals surface area contributed by atoms with Crippen LogP contribution in [0.3, 0.4) is 0 Å². The van der Waals surface area contributed by atoms with Crippen molar-refractivity contribution in [1.29, 1.82) is 0 Å². The number of ether oxygens (including phenoxy) is 2. The van der Waals surface area contributed by atoms with Crippen LogP contribution in [0.15, 0.2) is 75.9 Å². The van der Waals surface area contributed by atoms with Gasteiger partial charge in [-0.2, -0.15) is 22.0 Å². The number of methoxy groups -OCH3 is 1. The zero-order valence-electron chi connectivity index (χ0n) is 24.2. The number of fused-ring (bicyclic) bond motifs is 1. The molecule has 1 aromatic carbocycles. The number of nitrogens with one attached hydrogen (secondary N) is 2. The second-order valence-electron chi connectivity index (χ2n) is 11.6. The van der Waals surface area contributed by atoms with Crippen LogP contribution < -0.4 is 20.2 Å². The van der Waals surface area contributed by atoms with Gasteiger partial charge in [-0.1, -0.05) is 39.0 Å². The number of hydrogen-bond donors (Lipinski definition) is 2. The maximum Gasteiger partial charge on any atom is 0.390 e. The molecule has 5 rings (SSSR count). The summed E-state index contributed by atoms with van der Waals surface area (Å²) in [6.45, 7) is 5.35. The smallest absolute Gasteiger partial charge is 0.390 e. The van der Waals surface area contributed by atoms with Crippen molar-refractivity contribution in [3.05, 3.63) is 82.6 Å². The van der Waals surface area contributed by atoms with Gasteiger partial charge in [0.15, 0.2) is 11.5 Å². The number of benzene rings is 1. The van der Waals surface area contributed by atoms with E-state index in [1.54, 1.807) is 11.1 Å². The van der Waals surface area contributed by atoms with E-state index in [1.807, 2.05) is 39.0 Å². The molecule has 0 radical (unpaired) electrons. The van der Waals surface area contributed by atoms with Gasteiger partial charge in [0, 0.05) is 24.2 Å². The van der Waals surface area contributed by atoms with Crippen molar-refractivity contribution in [1.82, 2.24) is 15.8 Å². The van der Waals surface area contributed by atoms with Crippen LogP contribution in [0.25, 0.3) is 0 Å². The molecule has 2 aliphatic heterocycles. The molecule has 2 N–H and O–H groups in total. The van der Waals surface area contributed by atoms with Crippen LogP contribution in [0.5, 0.6) is 11.5 Å². The third-order valence-corrected chi connectivity index (χ3v) is 7.50. The highest BCUT2D eigenvalue weighted by Gasteiger charge is 2.38. The molecule has 1 saturated carbocycles. The summed E-state index contributed by atoms with van der Waals surface area (Å²) >= 11 is 0. The second kappa shape index (κ2) is 11.5. The molecule has 1 fully saturated rings. The summed E-state index contributed by atoms with van der Waals surface area (Å²) in [5.74, 6) is -3.60. The van der Waals surface area contributed by atoms with Crippen LogP contribution in [0, 0.1) is 23.0 Å². The van der Waals surface area contributed by atoms with E-state index in [1.165, 1.54) is 25.3 Å². The number of alkyl halides is 3. The number of carbonyl (C=O) groups excluding carboxylic acids is 1. The Kier molecular flexibility index (Phi) is 8.15. The van der Waals surface area contributed by atoms with Gasteiger partial charge < -0.3 is 14.8 Å². The van der Waals surface area contributed by atoms with Gasteiger partial charge in [-0.3, -0.25) is 20.2 Å². The third kappa shape index (κ3) is 6.78. The molecule has 0 aromatic heterocycles. The van der Waals surface area contributed by atoms with Crippen LogP contribution in [-0.2, 0) is 4.79 Å². The second-order valence-corrected chi connectivity index (χ2v) is 11.6. The third-order valence-electron chi connectivity index (χ3n) is 7.50. The van der Waals surface area contributed by atoms with Crippen molar-refractivity contribution in [2.24, 2.45) is 16.3 Å². The van der Waals surface area contributed by atoms with E-state index in [4.69, 9.17) is 9.47 Å². The summed E-state index contributed by atoms with van der Waals surface area (Å²) in [4.78, 5) is 17.1. The minimum Gasteiger partial charge on any atom is -0.494 e. The molecule has 43 heavy (non-hydrogen) atoms. The molecular weight excluding hydrogens is 571 g/mol. The highest BCUT2D eigenvalue weighted by atomic mass is 19.4. The predicted molar refractivity (Wildman–Crippen MR) is 151 cm³/mol. The maximum absolute atomic E-state index is 14.8. The summed E-state index contributed by atoms with van der Waals surface area (Å²) < 4.78 is 78.6. The molecule has 1 atom stereocenters. The predicted octanol–water partition coefficient (Wildman–Crippen LogP) is 6.39. The molecule has 2 heterocycles. The Morgan fingerprint density at radius 2 is 1.79 bits per heavy atom. The van der Waals surface area contributed by atoms with Gasteiger partial charge in [0.2, 0.25) is 23.4 Å². The number of hydrazine groups is 1. The van der Waals surface area contributed by atoms with E-state index in [0.29, 0.717) is 23.4 Å². The molecule has 4 aliphatic rings. The molecule has 2 aliphatic carbocycles. The Morgan fingerprint density at radius 1 is 1.12 bits per heavy atom. The van der Waals surface area contributed by atoms with Crippen molar-refractivity contribution in [2.75, 3.05) is 13.7 Å². The lowest BCUT2D eigenvalue weighted by atomic mass is 9.73. The van der Waals surface area contributed by atoms with E-state index < -0.39 is 41.9 Å². The maximum atomic E-state index is 14.8. The summed E-state index contributed by atoms with van der Waals surface area (Å²) in [5.41, 5.74) is 5.39. The largest absolute Gasteiger partial charge is 0.494 e. The minimum absolute atomic E-state index is 0.0810. The molecule has 1 aromatic rings. The van der Waals surface area contributed by atoms with Crippen molar-refractivity contribution >= 4 is 11.6 Å². The van der Waals surface area contributed by atoms with E-state index in [9.17, 15) is 26.7 Å². The molecule has 0 bridgehead atoms. The molecule has 1 unspecified atom stereocenters. The lowest BCUT2D eigenvalue weighted by Crippen LogP contribution is -2.46. The molecule has 12 heteroatoms. The molecular formula is C31H33F5N4O3. The number of aliphatic imine (C=N–C) groups is 1. The molecule has 7 nitrogen and oxygen atoms in total. The van der Waals surface area contributed by atoms with E-state index in [2.05, 4.69) is 15.7 Å². The average molecular weight is 605 g/mol. The number of nitrogens with zero attached hydrogens (tertiary/aromatic N) is 2. The van der Waals surface area contributed by atoms with Crippen LogP contribution in [-0.4, -0.2) is 42.5 Å². The summed E-state index contributed by atoms with van der Waals surface area (Å²) in [6, 6.07) is 2.60. The number of halogens is 5. The topological polar surface area (TPSA) is 75.2 Å². The highest BCUT2D eigenvalue weighted by molar-refractivity contribution is 6.09. The fourth-order valence-electron chi connectivity index (χ4n) is 5.18. The Bertz CT molecular complexity index is 1500. The van der Waals surface area contributed by atoms with E-state index >= 15 is 0 Å². The number of amides is 1. The number of hydrogen-bond acceptors (Lipinski definition) is 6. The van der Waals surface area contributed by atoms with Gasteiger partial charge in [0.05, 0.1) is 30.6 Å². The first-order valence-electron chi connectivity index (χ1n) is 14.0. The van der Waals surface area contributed by atoms with Crippen LogP contribution in [0.2, 0.25) is 0 Å². The summed E-state index contributed by atoms with van der Waals surface area (Å²) in [5, 5.41) is 4.65. The first kappa shape index (κ1) is 30.4. The van der Waals surface area contributed by atoms with Crippen molar-refractivity contribution in [3.63, 3.8) is 0 Å². The fourth-order valence-corrected chi connectivity index (χ4v) is 5.18. The van der Waals surface area contributed by atoms with Crippen molar-refractivity contribution in [2.45, 2.75) is 58.7 Å². The quantitative estimate of drug-likeness (QED) is 0.337. The summed E-state index contributed by atoms with van der Waals surface area (Å²) in [7, 11) is 1.20. The standard InChI is InChI=1S/C31H33F5N4O3/c1-17-13-22(18-5-8-20(30(2,3)16-18)29(41)38-19-6-7-19)40-23(14-17)21(37-12-11-31(34,35)36)15-26(39-40)43-25-10-9-24(42-4)27(32)28(25)33/h5,8-10,13-15,17,19,39H,6-7,11-12,16H2,1-4H3,(H,38,41). The van der Waals surface area contributed by atoms with Gasteiger partial charge in [-0.05, 0) is 54.4 Å². The summed E-state index contributed by atoms with van der Waals surface area (Å²) in [6.07, 6.45) is 5.70. The minimum atomic E-state index is -4.41. The zero-order valence-corrected chi connectivity index (χ0v) is 24.2. The zero-order chi connectivity index (χ0) is 31.1. The Labute approximate surface area is 246 Å². The molecule has 1 amide bonds. The first-order chi connectivity index (χ1) is 20.3. The first-order valence-corrected chi connectivity index (χ1v) is 14.0. The van der Waals surface area contributed by atoms with Gasteiger partial charge in [-0.15, -0.1) is 0 Å². The highest BCUT2D eigenvalue weighted by Crippen LogP contribution is 2.43.